The minimum atomic E-state index is -0.880. The monoisotopic (exact) mass is 244 g/mol. The van der Waals surface area contributed by atoms with E-state index in [1.54, 1.807) is 16.8 Å². The normalized spacial score (nSPS) is 12.9. The van der Waals surface area contributed by atoms with Crippen molar-refractivity contribution in [2.24, 2.45) is 5.92 Å². The molecule has 100 valence electrons. The van der Waals surface area contributed by atoms with Gasteiger partial charge in [0.1, 0.15) is 6.04 Å². The fourth-order valence-electron chi connectivity index (χ4n) is 1.97. The largest absolute Gasteiger partial charge is 0.480 e. The van der Waals surface area contributed by atoms with Crippen LogP contribution in [-0.2, 0) is 9.59 Å². The van der Waals surface area contributed by atoms with Crippen molar-refractivity contribution in [1.82, 2.24) is 9.80 Å². The molecule has 0 aliphatic heterocycles. The highest BCUT2D eigenvalue weighted by molar-refractivity contribution is 5.80. The summed E-state index contributed by atoms with van der Waals surface area (Å²) in [5.41, 5.74) is 0. The molecule has 0 aromatic carbocycles. The van der Waals surface area contributed by atoms with Gasteiger partial charge >= 0.3 is 5.97 Å². The molecular formula is C12H24N2O3. The quantitative estimate of drug-likeness (QED) is 0.722. The van der Waals surface area contributed by atoms with Crippen molar-refractivity contribution in [2.45, 2.75) is 33.7 Å². The lowest BCUT2D eigenvalue weighted by Gasteiger charge is -2.29. The Balaban J connectivity index is 4.55. The number of aliphatic carboxylic acids is 1. The summed E-state index contributed by atoms with van der Waals surface area (Å²) < 4.78 is 0. The number of hydrogen-bond acceptors (Lipinski definition) is 3. The van der Waals surface area contributed by atoms with Crippen LogP contribution in [0.4, 0.5) is 0 Å². The smallest absolute Gasteiger partial charge is 0.321 e. The number of carboxylic acid groups (broad SMARTS) is 1. The molecule has 5 nitrogen and oxygen atoms in total. The molecule has 0 heterocycles. The Labute approximate surface area is 103 Å². The molecule has 0 spiro atoms. The van der Waals surface area contributed by atoms with E-state index in [1.807, 2.05) is 27.7 Å². The SMILES string of the molecule is CCN(CC)C(=O)CN(C)C(C(=O)O)C(C)C. The summed E-state index contributed by atoms with van der Waals surface area (Å²) in [6.07, 6.45) is 0. The second-order valence-corrected chi connectivity index (χ2v) is 4.51. The average Bonchev–Trinajstić information content (AvgIpc) is 2.17. The topological polar surface area (TPSA) is 60.9 Å². The van der Waals surface area contributed by atoms with E-state index >= 15 is 0 Å². The maximum Gasteiger partial charge on any atom is 0.321 e. The minimum absolute atomic E-state index is 0.0237. The number of carbonyl (C=O) groups is 2. The van der Waals surface area contributed by atoms with E-state index in [0.717, 1.165) is 0 Å². The van der Waals surface area contributed by atoms with Gasteiger partial charge < -0.3 is 10.0 Å². The summed E-state index contributed by atoms with van der Waals surface area (Å²) in [6, 6.07) is -0.616. The predicted molar refractivity (Wildman–Crippen MR) is 66.8 cm³/mol. The number of rotatable bonds is 7. The van der Waals surface area contributed by atoms with E-state index in [4.69, 9.17) is 5.11 Å². The van der Waals surface area contributed by atoms with Crippen LogP contribution in [0.15, 0.2) is 0 Å². The molecule has 0 rings (SSSR count). The Hall–Kier alpha value is -1.10. The highest BCUT2D eigenvalue weighted by Crippen LogP contribution is 2.09. The van der Waals surface area contributed by atoms with E-state index in [9.17, 15) is 9.59 Å². The zero-order valence-corrected chi connectivity index (χ0v) is 11.4. The zero-order valence-electron chi connectivity index (χ0n) is 11.4. The van der Waals surface area contributed by atoms with Gasteiger partial charge in [-0.15, -0.1) is 0 Å². The number of nitrogens with zero attached hydrogens (tertiary/aromatic N) is 2. The van der Waals surface area contributed by atoms with E-state index < -0.39 is 12.0 Å². The van der Waals surface area contributed by atoms with Gasteiger partial charge in [0, 0.05) is 13.1 Å². The van der Waals surface area contributed by atoms with Crippen molar-refractivity contribution >= 4 is 11.9 Å². The van der Waals surface area contributed by atoms with Crippen LogP contribution < -0.4 is 0 Å². The molecule has 17 heavy (non-hydrogen) atoms. The lowest BCUT2D eigenvalue weighted by Crippen LogP contribution is -2.47. The average molecular weight is 244 g/mol. The molecule has 1 atom stereocenters. The molecule has 0 aliphatic rings. The number of carbonyl (C=O) groups excluding carboxylic acids is 1. The van der Waals surface area contributed by atoms with Crippen LogP contribution in [0.25, 0.3) is 0 Å². The minimum Gasteiger partial charge on any atom is -0.480 e. The Morgan fingerprint density at radius 1 is 1.18 bits per heavy atom. The molecule has 0 aliphatic carbocycles. The van der Waals surface area contributed by atoms with Crippen LogP contribution >= 0.6 is 0 Å². The highest BCUT2D eigenvalue weighted by atomic mass is 16.4. The second-order valence-electron chi connectivity index (χ2n) is 4.51. The second kappa shape index (κ2) is 7.27. The van der Waals surface area contributed by atoms with E-state index in [0.29, 0.717) is 13.1 Å². The van der Waals surface area contributed by atoms with Gasteiger partial charge in [0.05, 0.1) is 6.54 Å². The first-order valence-electron chi connectivity index (χ1n) is 6.05. The first kappa shape index (κ1) is 15.9. The molecule has 0 aromatic rings. The third kappa shape index (κ3) is 4.73. The van der Waals surface area contributed by atoms with Crippen molar-refractivity contribution in [2.75, 3.05) is 26.7 Å². The van der Waals surface area contributed by atoms with Crippen LogP contribution in [0.3, 0.4) is 0 Å². The van der Waals surface area contributed by atoms with E-state index in [-0.39, 0.29) is 18.4 Å². The Morgan fingerprint density at radius 3 is 1.94 bits per heavy atom. The Kier molecular flexibility index (Phi) is 6.80. The van der Waals surface area contributed by atoms with Crippen molar-refractivity contribution < 1.29 is 14.7 Å². The maximum absolute atomic E-state index is 11.9. The van der Waals surface area contributed by atoms with Crippen LogP contribution in [0, 0.1) is 5.92 Å². The van der Waals surface area contributed by atoms with Gasteiger partial charge in [-0.1, -0.05) is 13.8 Å². The summed E-state index contributed by atoms with van der Waals surface area (Å²) in [6.45, 7) is 8.98. The summed E-state index contributed by atoms with van der Waals surface area (Å²) in [4.78, 5) is 26.3. The molecule has 0 saturated carbocycles. The van der Waals surface area contributed by atoms with Crippen molar-refractivity contribution in [3.05, 3.63) is 0 Å². The first-order valence-corrected chi connectivity index (χ1v) is 6.05. The lowest BCUT2D eigenvalue weighted by atomic mass is 10.0. The van der Waals surface area contributed by atoms with Gasteiger partial charge in [-0.3, -0.25) is 14.5 Å². The van der Waals surface area contributed by atoms with E-state index in [1.165, 1.54) is 0 Å². The summed E-state index contributed by atoms with van der Waals surface area (Å²) in [5.74, 6) is -0.929. The number of likely N-dealkylation sites (N-methyl/N-ethyl adjacent to an activating group) is 2. The molecule has 5 heteroatoms. The lowest BCUT2D eigenvalue weighted by molar-refractivity contribution is -0.145. The molecule has 0 bridgehead atoms. The number of amides is 1. The summed E-state index contributed by atoms with van der Waals surface area (Å²) in [7, 11) is 1.68. The standard InChI is InChI=1S/C12H24N2O3/c1-6-14(7-2)10(15)8-13(5)11(9(3)4)12(16)17/h9,11H,6-8H2,1-5H3,(H,16,17). The first-order chi connectivity index (χ1) is 7.84. The summed E-state index contributed by atoms with van der Waals surface area (Å²) in [5, 5.41) is 9.11. The zero-order chi connectivity index (χ0) is 13.6. The highest BCUT2D eigenvalue weighted by Gasteiger charge is 2.28. The predicted octanol–water partition coefficient (Wildman–Crippen LogP) is 0.896. The maximum atomic E-state index is 11.9. The molecule has 0 saturated heterocycles. The Bertz CT molecular complexity index is 262. The summed E-state index contributed by atoms with van der Waals surface area (Å²) >= 11 is 0. The fraction of sp³-hybridized carbons (Fsp3) is 0.833. The molecule has 0 fully saturated rings. The van der Waals surface area contributed by atoms with E-state index in [2.05, 4.69) is 0 Å². The van der Waals surface area contributed by atoms with Gasteiger partial charge in [0.15, 0.2) is 0 Å². The number of carboxylic acids is 1. The van der Waals surface area contributed by atoms with Gasteiger partial charge in [0.25, 0.3) is 0 Å². The van der Waals surface area contributed by atoms with Crippen LogP contribution in [-0.4, -0.2) is 59.5 Å². The van der Waals surface area contributed by atoms with Crippen LogP contribution in [0.2, 0.25) is 0 Å². The fourth-order valence-corrected chi connectivity index (χ4v) is 1.97. The third-order valence-corrected chi connectivity index (χ3v) is 2.86. The number of hydrogen-bond donors (Lipinski definition) is 1. The molecule has 1 amide bonds. The van der Waals surface area contributed by atoms with Crippen LogP contribution in [0.1, 0.15) is 27.7 Å². The van der Waals surface area contributed by atoms with Crippen molar-refractivity contribution in [1.29, 1.82) is 0 Å². The Morgan fingerprint density at radius 2 is 1.65 bits per heavy atom. The van der Waals surface area contributed by atoms with Gasteiger partial charge in [0.2, 0.25) is 5.91 Å². The molecule has 0 radical (unpaired) electrons. The third-order valence-electron chi connectivity index (χ3n) is 2.86. The van der Waals surface area contributed by atoms with Crippen molar-refractivity contribution in [3.63, 3.8) is 0 Å². The van der Waals surface area contributed by atoms with Crippen molar-refractivity contribution in [3.8, 4) is 0 Å². The molecule has 0 aromatic heterocycles. The van der Waals surface area contributed by atoms with Gasteiger partial charge in [-0.2, -0.15) is 0 Å². The molecule has 1 unspecified atom stereocenters. The van der Waals surface area contributed by atoms with Gasteiger partial charge in [-0.25, -0.2) is 0 Å². The molecular weight excluding hydrogens is 220 g/mol. The molecule has 1 N–H and O–H groups in total. The van der Waals surface area contributed by atoms with Gasteiger partial charge in [-0.05, 0) is 26.8 Å². The van der Waals surface area contributed by atoms with Crippen LogP contribution in [0.5, 0.6) is 0 Å².